The first-order chi connectivity index (χ1) is 8.63. The maximum absolute atomic E-state index is 12.6. The molecule has 0 saturated carbocycles. The lowest BCUT2D eigenvalue weighted by molar-refractivity contribution is 0.0906. The van der Waals surface area contributed by atoms with Crippen LogP contribution in [0.4, 0.5) is 0 Å². The summed E-state index contributed by atoms with van der Waals surface area (Å²) in [6.45, 7) is 3.92. The van der Waals surface area contributed by atoms with Crippen LogP contribution in [-0.4, -0.2) is 21.3 Å². The second-order valence-corrected chi connectivity index (χ2v) is 7.18. The topological polar surface area (TPSA) is 30.0 Å². The molecule has 2 nitrogen and oxygen atoms in total. The second kappa shape index (κ2) is 4.69. The van der Waals surface area contributed by atoms with Crippen molar-refractivity contribution in [1.82, 2.24) is 4.98 Å². The van der Waals surface area contributed by atoms with Gasteiger partial charge in [0.2, 0.25) is 0 Å². The van der Waals surface area contributed by atoms with Gasteiger partial charge in [0.1, 0.15) is 0 Å². The van der Waals surface area contributed by atoms with Crippen molar-refractivity contribution in [3.05, 3.63) is 29.1 Å². The first-order valence-electron chi connectivity index (χ1n) is 6.77. The summed E-state index contributed by atoms with van der Waals surface area (Å²) >= 11 is 2.11. The Hall–Kier alpha value is -0.830. The Bertz CT molecular complexity index is 473. The maximum atomic E-state index is 12.6. The number of Topliss-reactive ketones (excluding diaryl/α,β-unsaturated/α-hetero) is 1. The van der Waals surface area contributed by atoms with Gasteiger partial charge in [-0.25, -0.2) is 0 Å². The van der Waals surface area contributed by atoms with Crippen LogP contribution >= 0.6 is 11.8 Å². The van der Waals surface area contributed by atoms with Crippen molar-refractivity contribution in [2.24, 2.45) is 5.92 Å². The molecule has 1 aromatic heterocycles. The van der Waals surface area contributed by atoms with E-state index in [9.17, 15) is 4.79 Å². The lowest BCUT2D eigenvalue weighted by atomic mass is 9.90. The van der Waals surface area contributed by atoms with Crippen molar-refractivity contribution in [2.45, 2.75) is 50.0 Å². The first-order valence-corrected chi connectivity index (χ1v) is 7.71. The van der Waals surface area contributed by atoms with Crippen molar-refractivity contribution in [2.75, 3.05) is 0 Å². The average Bonchev–Trinajstić information content (AvgIpc) is 2.67. The van der Waals surface area contributed by atoms with E-state index in [1.54, 1.807) is 0 Å². The third-order valence-corrected chi connectivity index (χ3v) is 5.78. The quantitative estimate of drug-likeness (QED) is 0.763. The second-order valence-electron chi connectivity index (χ2n) is 5.58. The third-order valence-electron chi connectivity index (χ3n) is 4.15. The molecule has 3 heteroatoms. The third kappa shape index (κ3) is 2.20. The summed E-state index contributed by atoms with van der Waals surface area (Å²) in [6.07, 6.45) is 4.77. The van der Waals surface area contributed by atoms with Gasteiger partial charge >= 0.3 is 0 Å². The summed E-state index contributed by atoms with van der Waals surface area (Å²) in [5.41, 5.74) is 2.73. The van der Waals surface area contributed by atoms with Gasteiger partial charge in [-0.15, -0.1) is 0 Å². The molecular formula is C15H19NOS. The summed E-state index contributed by atoms with van der Waals surface area (Å²) in [5, 5.41) is 1.47. The van der Waals surface area contributed by atoms with Gasteiger partial charge in [-0.05, 0) is 51.7 Å². The molecule has 0 aromatic carbocycles. The molecule has 0 radical (unpaired) electrons. The van der Waals surface area contributed by atoms with Gasteiger partial charge in [0.25, 0.3) is 0 Å². The number of nitrogens with zero attached hydrogens (tertiary/aromatic N) is 1. The van der Waals surface area contributed by atoms with Crippen LogP contribution in [0.2, 0.25) is 0 Å². The predicted molar refractivity (Wildman–Crippen MR) is 75.2 cm³/mol. The Morgan fingerprint density at radius 2 is 1.89 bits per heavy atom. The number of carbonyl (C=O) groups excluding carboxylic acids is 1. The van der Waals surface area contributed by atoms with Crippen LogP contribution in [0.15, 0.2) is 12.1 Å². The Morgan fingerprint density at radius 3 is 2.50 bits per heavy atom. The molecule has 1 aromatic rings. The minimum absolute atomic E-state index is 0.243. The fourth-order valence-electron chi connectivity index (χ4n) is 3.24. The van der Waals surface area contributed by atoms with Crippen LogP contribution in [0.25, 0.3) is 0 Å². The van der Waals surface area contributed by atoms with E-state index in [1.807, 2.05) is 26.0 Å². The number of ketones is 1. The Morgan fingerprint density at radius 1 is 1.22 bits per heavy atom. The molecule has 0 N–H and O–H groups in total. The van der Waals surface area contributed by atoms with E-state index >= 15 is 0 Å². The fraction of sp³-hybridized carbons (Fsp3) is 0.600. The monoisotopic (exact) mass is 261 g/mol. The number of hydrogen-bond donors (Lipinski definition) is 0. The molecule has 18 heavy (non-hydrogen) atoms. The molecule has 96 valence electrons. The Balaban J connectivity index is 1.82. The predicted octanol–water partition coefficient (Wildman–Crippen LogP) is 3.56. The zero-order valence-corrected chi connectivity index (χ0v) is 11.8. The van der Waals surface area contributed by atoms with E-state index in [4.69, 9.17) is 0 Å². The zero-order chi connectivity index (χ0) is 12.7. The highest BCUT2D eigenvalue weighted by Gasteiger charge is 2.38. The number of aryl methyl sites for hydroxylation is 2. The van der Waals surface area contributed by atoms with E-state index < -0.39 is 0 Å². The number of thioether (sulfide) groups is 1. The van der Waals surface area contributed by atoms with Crippen LogP contribution in [-0.2, 0) is 0 Å². The Labute approximate surface area is 113 Å². The van der Waals surface area contributed by atoms with Crippen LogP contribution in [0.5, 0.6) is 0 Å². The number of carbonyl (C=O) groups is 1. The van der Waals surface area contributed by atoms with Gasteiger partial charge in [0, 0.05) is 33.4 Å². The molecule has 2 aliphatic rings. The number of rotatable bonds is 2. The average molecular weight is 261 g/mol. The SMILES string of the molecule is Cc1ccc(C(=O)C2CC3CCC(C2)S3)c(C)n1. The van der Waals surface area contributed by atoms with E-state index in [0.717, 1.165) is 40.3 Å². The number of hydrogen-bond acceptors (Lipinski definition) is 3. The smallest absolute Gasteiger partial charge is 0.167 e. The summed E-state index contributed by atoms with van der Waals surface area (Å²) in [6, 6.07) is 3.91. The molecule has 0 spiro atoms. The normalized spacial score (nSPS) is 30.4. The summed E-state index contributed by atoms with van der Waals surface area (Å²) in [5.74, 6) is 0.573. The minimum Gasteiger partial charge on any atom is -0.294 e. The van der Waals surface area contributed by atoms with Gasteiger partial charge in [-0.3, -0.25) is 9.78 Å². The maximum Gasteiger partial charge on any atom is 0.167 e. The molecule has 0 aliphatic carbocycles. The summed E-state index contributed by atoms with van der Waals surface area (Å²) in [7, 11) is 0. The van der Waals surface area contributed by atoms with Crippen molar-refractivity contribution >= 4 is 17.5 Å². The fourth-order valence-corrected chi connectivity index (χ4v) is 5.01. The van der Waals surface area contributed by atoms with Gasteiger partial charge < -0.3 is 0 Å². The molecule has 2 aliphatic heterocycles. The molecule has 2 bridgehead atoms. The van der Waals surface area contributed by atoms with Crippen LogP contribution in [0.3, 0.4) is 0 Å². The van der Waals surface area contributed by atoms with Crippen molar-refractivity contribution in [3.8, 4) is 0 Å². The van der Waals surface area contributed by atoms with E-state index in [2.05, 4.69) is 16.7 Å². The molecular weight excluding hydrogens is 242 g/mol. The molecule has 3 heterocycles. The van der Waals surface area contributed by atoms with Gasteiger partial charge in [0.05, 0.1) is 0 Å². The van der Waals surface area contributed by atoms with E-state index in [0.29, 0.717) is 5.78 Å². The van der Waals surface area contributed by atoms with Crippen molar-refractivity contribution < 1.29 is 4.79 Å². The van der Waals surface area contributed by atoms with Gasteiger partial charge in [0.15, 0.2) is 5.78 Å². The van der Waals surface area contributed by atoms with Crippen molar-refractivity contribution in [1.29, 1.82) is 0 Å². The molecule has 2 saturated heterocycles. The van der Waals surface area contributed by atoms with Gasteiger partial charge in [-0.1, -0.05) is 0 Å². The van der Waals surface area contributed by atoms with E-state index in [-0.39, 0.29) is 5.92 Å². The summed E-state index contributed by atoms with van der Waals surface area (Å²) in [4.78, 5) is 17.0. The van der Waals surface area contributed by atoms with Crippen LogP contribution in [0.1, 0.15) is 47.4 Å². The number of pyridine rings is 1. The van der Waals surface area contributed by atoms with E-state index in [1.165, 1.54) is 12.8 Å². The number of fused-ring (bicyclic) bond motifs is 2. The van der Waals surface area contributed by atoms with Crippen LogP contribution in [0, 0.1) is 19.8 Å². The largest absolute Gasteiger partial charge is 0.294 e. The van der Waals surface area contributed by atoms with Crippen LogP contribution < -0.4 is 0 Å². The first kappa shape index (κ1) is 12.2. The Kier molecular flexibility index (Phi) is 3.18. The number of aromatic nitrogens is 1. The lowest BCUT2D eigenvalue weighted by Gasteiger charge is -2.26. The standard InChI is InChI=1S/C15H19NOS/c1-9-3-6-14(10(2)16-9)15(17)11-7-12-4-5-13(8-11)18-12/h3,6,11-13H,4-5,7-8H2,1-2H3. The molecule has 2 unspecified atom stereocenters. The summed E-state index contributed by atoms with van der Waals surface area (Å²) < 4.78 is 0. The molecule has 2 atom stereocenters. The molecule has 0 amide bonds. The van der Waals surface area contributed by atoms with Gasteiger partial charge in [-0.2, -0.15) is 11.8 Å². The zero-order valence-electron chi connectivity index (χ0n) is 11.0. The highest BCUT2D eigenvalue weighted by Crippen LogP contribution is 2.46. The van der Waals surface area contributed by atoms with Crippen molar-refractivity contribution in [3.63, 3.8) is 0 Å². The molecule has 2 fully saturated rings. The highest BCUT2D eigenvalue weighted by molar-refractivity contribution is 8.00. The molecule has 3 rings (SSSR count). The highest BCUT2D eigenvalue weighted by atomic mass is 32.2. The minimum atomic E-state index is 0.243. The lowest BCUT2D eigenvalue weighted by Crippen LogP contribution is -2.25.